The van der Waals surface area contributed by atoms with E-state index in [0.717, 1.165) is 11.3 Å². The average molecular weight is 564 g/mol. The number of nitrogens with one attached hydrogen (secondary N) is 4. The molecule has 0 fully saturated rings. The first kappa shape index (κ1) is 26.5. The summed E-state index contributed by atoms with van der Waals surface area (Å²) in [6.07, 6.45) is 4.01. The molecular weight excluding hydrogens is 540 g/mol. The fraction of sp³-hybridized carbons (Fsp3) is 0.143. The number of hydrogen-bond acceptors (Lipinski definition) is 8. The highest BCUT2D eigenvalue weighted by atomic mass is 35.5. The average Bonchev–Trinajstić information content (AvgIpc) is 3.42. The van der Waals surface area contributed by atoms with Crippen molar-refractivity contribution in [3.05, 3.63) is 106 Å². The lowest BCUT2D eigenvalue weighted by Gasteiger charge is -2.22. The molecule has 0 spiro atoms. The number of benzene rings is 3. The van der Waals surface area contributed by atoms with E-state index in [9.17, 15) is 14.8 Å². The molecule has 0 unspecified atom stereocenters. The second-order valence-corrected chi connectivity index (χ2v) is 9.66. The van der Waals surface area contributed by atoms with Gasteiger partial charge in [0, 0.05) is 42.3 Å². The van der Waals surface area contributed by atoms with Gasteiger partial charge in [-0.05, 0) is 42.3 Å². The standard InChI is InChI=1S/C28H24Cl2FN7O/c29-22-12-19(7-8-24(22)31)34-26-18(14-32)15-33-28-21(26)11-20(13-23(28)30)35-27(17-5-2-1-3-6-17)25-16-38(37-36-25)9-4-10-39/h1-3,5-8,11-13,15-16,27,35-37,39H,4,9-10H2,(H,33,34)/t27-/m0/s1. The quantitative estimate of drug-likeness (QED) is 0.169. The van der Waals surface area contributed by atoms with Crippen LogP contribution in [-0.4, -0.2) is 28.3 Å². The van der Waals surface area contributed by atoms with Gasteiger partial charge in [0.25, 0.3) is 0 Å². The van der Waals surface area contributed by atoms with E-state index >= 15 is 0 Å². The zero-order valence-corrected chi connectivity index (χ0v) is 22.1. The highest BCUT2D eigenvalue weighted by molar-refractivity contribution is 6.36. The lowest BCUT2D eigenvalue weighted by atomic mass is 10.0. The van der Waals surface area contributed by atoms with Gasteiger partial charge in [0.05, 0.1) is 38.6 Å². The number of hydrogen-bond donors (Lipinski definition) is 5. The Hall–Kier alpha value is -4.07. The van der Waals surface area contributed by atoms with E-state index in [-0.39, 0.29) is 17.7 Å². The van der Waals surface area contributed by atoms with Gasteiger partial charge in [-0.1, -0.05) is 53.5 Å². The van der Waals surface area contributed by atoms with Gasteiger partial charge in [-0.2, -0.15) is 5.26 Å². The van der Waals surface area contributed by atoms with Crippen LogP contribution in [0.3, 0.4) is 0 Å². The minimum Gasteiger partial charge on any atom is -0.396 e. The summed E-state index contributed by atoms with van der Waals surface area (Å²) in [6.45, 7) is 0.720. The van der Waals surface area contributed by atoms with Crippen LogP contribution in [0.5, 0.6) is 0 Å². The van der Waals surface area contributed by atoms with Crippen molar-refractivity contribution >= 4 is 51.2 Å². The zero-order valence-electron chi connectivity index (χ0n) is 20.5. The monoisotopic (exact) mass is 563 g/mol. The number of aliphatic hydroxyl groups is 1. The molecule has 2 heterocycles. The Morgan fingerprint density at radius 3 is 2.62 bits per heavy atom. The molecule has 0 radical (unpaired) electrons. The largest absolute Gasteiger partial charge is 0.396 e. The normalized spacial score (nSPS) is 13.5. The fourth-order valence-corrected chi connectivity index (χ4v) is 4.76. The number of aromatic nitrogens is 1. The van der Waals surface area contributed by atoms with Crippen molar-refractivity contribution in [1.82, 2.24) is 21.0 Å². The first-order chi connectivity index (χ1) is 19.0. The maximum absolute atomic E-state index is 13.7. The number of aliphatic hydroxyl groups excluding tert-OH is 1. The van der Waals surface area contributed by atoms with E-state index in [1.807, 2.05) is 47.6 Å². The molecule has 1 aliphatic heterocycles. The SMILES string of the molecule is N#Cc1cnc2c(Cl)cc(N[C@H](C3=CN(CCCO)NN3)c3ccccc3)cc2c1Nc1ccc(F)c(Cl)c1. The van der Waals surface area contributed by atoms with Crippen molar-refractivity contribution < 1.29 is 9.50 Å². The van der Waals surface area contributed by atoms with Crippen molar-refractivity contribution in [1.29, 1.82) is 5.26 Å². The molecule has 1 aliphatic rings. The predicted octanol–water partition coefficient (Wildman–Crippen LogP) is 6.00. The molecule has 11 heteroatoms. The van der Waals surface area contributed by atoms with Gasteiger partial charge in [-0.3, -0.25) is 9.99 Å². The number of pyridine rings is 1. The molecule has 0 saturated carbocycles. The van der Waals surface area contributed by atoms with E-state index in [4.69, 9.17) is 23.2 Å². The minimum atomic E-state index is -0.539. The number of nitriles is 1. The smallest absolute Gasteiger partial charge is 0.141 e. The highest BCUT2D eigenvalue weighted by Gasteiger charge is 2.23. The van der Waals surface area contributed by atoms with Gasteiger partial charge < -0.3 is 21.2 Å². The Kier molecular flexibility index (Phi) is 8.00. The lowest BCUT2D eigenvalue weighted by molar-refractivity contribution is 0.223. The van der Waals surface area contributed by atoms with E-state index in [2.05, 4.69) is 32.6 Å². The van der Waals surface area contributed by atoms with Crippen LogP contribution in [0.4, 0.5) is 21.5 Å². The molecule has 0 amide bonds. The summed E-state index contributed by atoms with van der Waals surface area (Å²) >= 11 is 12.7. The van der Waals surface area contributed by atoms with Crippen LogP contribution in [0.2, 0.25) is 10.0 Å². The predicted molar refractivity (Wildman–Crippen MR) is 152 cm³/mol. The van der Waals surface area contributed by atoms with Gasteiger partial charge >= 0.3 is 0 Å². The Morgan fingerprint density at radius 1 is 1.08 bits per heavy atom. The van der Waals surface area contributed by atoms with Gasteiger partial charge in [-0.15, -0.1) is 5.53 Å². The zero-order chi connectivity index (χ0) is 27.4. The van der Waals surface area contributed by atoms with Crippen molar-refractivity contribution in [3.8, 4) is 6.07 Å². The maximum atomic E-state index is 13.7. The topological polar surface area (TPSA) is 108 Å². The number of nitrogens with zero attached hydrogens (tertiary/aromatic N) is 3. The fourth-order valence-electron chi connectivity index (χ4n) is 4.31. The van der Waals surface area contributed by atoms with Gasteiger partial charge in [0.1, 0.15) is 11.9 Å². The van der Waals surface area contributed by atoms with Crippen LogP contribution in [0.25, 0.3) is 10.9 Å². The van der Waals surface area contributed by atoms with Crippen LogP contribution in [0.1, 0.15) is 23.6 Å². The van der Waals surface area contributed by atoms with Gasteiger partial charge in [0.2, 0.25) is 0 Å². The molecule has 1 atom stereocenters. The minimum absolute atomic E-state index is 0.0399. The first-order valence-corrected chi connectivity index (χ1v) is 12.9. The summed E-state index contributed by atoms with van der Waals surface area (Å²) in [4.78, 5) is 4.41. The third kappa shape index (κ3) is 5.85. The Labute approximate surface area is 234 Å². The lowest BCUT2D eigenvalue weighted by Crippen LogP contribution is -2.38. The molecule has 4 aromatic rings. The number of fused-ring (bicyclic) bond motifs is 1. The van der Waals surface area contributed by atoms with Gasteiger partial charge in [0.15, 0.2) is 0 Å². The summed E-state index contributed by atoms with van der Waals surface area (Å²) in [5.74, 6) is -0.539. The molecule has 0 bridgehead atoms. The van der Waals surface area contributed by atoms with Crippen LogP contribution in [0, 0.1) is 17.1 Å². The first-order valence-electron chi connectivity index (χ1n) is 12.1. The number of anilines is 3. The molecule has 8 nitrogen and oxygen atoms in total. The maximum Gasteiger partial charge on any atom is 0.141 e. The van der Waals surface area contributed by atoms with E-state index < -0.39 is 5.82 Å². The Morgan fingerprint density at radius 2 is 1.87 bits per heavy atom. The van der Waals surface area contributed by atoms with Crippen molar-refractivity contribution in [2.75, 3.05) is 23.8 Å². The summed E-state index contributed by atoms with van der Waals surface area (Å²) in [5, 5.41) is 28.6. The molecular formula is C28H24Cl2FN7O. The van der Waals surface area contributed by atoms with Crippen LogP contribution in [-0.2, 0) is 0 Å². The molecule has 198 valence electrons. The molecule has 0 aliphatic carbocycles. The summed E-state index contributed by atoms with van der Waals surface area (Å²) in [7, 11) is 0. The number of halogens is 3. The van der Waals surface area contributed by atoms with Crippen molar-refractivity contribution in [2.45, 2.75) is 12.5 Å². The molecule has 3 aromatic carbocycles. The Balaban J connectivity index is 1.56. The number of rotatable bonds is 9. The van der Waals surface area contributed by atoms with Crippen molar-refractivity contribution in [2.24, 2.45) is 0 Å². The van der Waals surface area contributed by atoms with Crippen molar-refractivity contribution in [3.63, 3.8) is 0 Å². The van der Waals surface area contributed by atoms with E-state index in [1.54, 1.807) is 6.07 Å². The molecule has 1 aromatic heterocycles. The van der Waals surface area contributed by atoms with Crippen LogP contribution < -0.4 is 21.6 Å². The Bertz CT molecular complexity index is 1580. The summed E-state index contributed by atoms with van der Waals surface area (Å²) < 4.78 is 13.7. The van der Waals surface area contributed by atoms with E-state index in [0.29, 0.717) is 51.5 Å². The van der Waals surface area contributed by atoms with E-state index in [1.165, 1.54) is 24.4 Å². The molecule has 5 rings (SSSR count). The summed E-state index contributed by atoms with van der Waals surface area (Å²) in [5.41, 5.74) is 10.6. The molecule has 0 saturated heterocycles. The molecule has 39 heavy (non-hydrogen) atoms. The molecule has 5 N–H and O–H groups in total. The van der Waals surface area contributed by atoms with Crippen LogP contribution in [0.15, 0.2) is 78.8 Å². The second-order valence-electron chi connectivity index (χ2n) is 8.85. The third-order valence-electron chi connectivity index (χ3n) is 6.19. The third-order valence-corrected chi connectivity index (χ3v) is 6.76. The van der Waals surface area contributed by atoms with Crippen LogP contribution >= 0.6 is 23.2 Å². The second kappa shape index (κ2) is 11.8. The summed E-state index contributed by atoms with van der Waals surface area (Å²) in [6, 6.07) is 19.7. The number of hydrazine groups is 2. The highest BCUT2D eigenvalue weighted by Crippen LogP contribution is 2.37. The van der Waals surface area contributed by atoms with Gasteiger partial charge in [-0.25, -0.2) is 4.39 Å².